The summed E-state index contributed by atoms with van der Waals surface area (Å²) in [7, 11) is -3.73. The number of nitrogens with one attached hydrogen (secondary N) is 1. The van der Waals surface area contributed by atoms with Crippen LogP contribution in [-0.4, -0.2) is 37.0 Å². The zero-order valence-corrected chi connectivity index (χ0v) is 14.6. The lowest BCUT2D eigenvalue weighted by atomic mass is 10.1. The van der Waals surface area contributed by atoms with E-state index in [-0.39, 0.29) is 10.5 Å². The number of rotatable bonds is 5. The van der Waals surface area contributed by atoms with Crippen LogP contribution in [0.1, 0.15) is 28.8 Å². The van der Waals surface area contributed by atoms with Gasteiger partial charge >= 0.3 is 5.97 Å². The minimum Gasteiger partial charge on any atom is -0.478 e. The average molecular weight is 394 g/mol. The van der Waals surface area contributed by atoms with Crippen molar-refractivity contribution in [3.8, 4) is 0 Å². The second-order valence-electron chi connectivity index (χ2n) is 4.90. The van der Waals surface area contributed by atoms with E-state index in [0.717, 1.165) is 18.6 Å². The second-order valence-corrected chi connectivity index (χ2v) is 8.83. The third-order valence-corrected chi connectivity index (χ3v) is 7.44. The summed E-state index contributed by atoms with van der Waals surface area (Å²) in [5.74, 6) is -0.0858. The largest absolute Gasteiger partial charge is 0.478 e. The Morgan fingerprint density at radius 2 is 2.24 bits per heavy atom. The fourth-order valence-electron chi connectivity index (χ4n) is 2.14. The Morgan fingerprint density at radius 1 is 1.52 bits per heavy atom. The summed E-state index contributed by atoms with van der Waals surface area (Å²) in [6.07, 6.45) is 2.11. The van der Waals surface area contributed by atoms with Crippen LogP contribution in [0.2, 0.25) is 0 Å². The number of aryl methyl sites for hydroxylation is 1. The van der Waals surface area contributed by atoms with Crippen LogP contribution in [0, 0.1) is 6.92 Å². The van der Waals surface area contributed by atoms with Crippen LogP contribution in [0.15, 0.2) is 21.5 Å². The third-order valence-electron chi connectivity index (χ3n) is 3.28. The fourth-order valence-corrected chi connectivity index (χ4v) is 5.57. The van der Waals surface area contributed by atoms with Crippen molar-refractivity contribution in [3.05, 3.63) is 27.7 Å². The van der Waals surface area contributed by atoms with Gasteiger partial charge in [-0.15, -0.1) is 0 Å². The zero-order valence-electron chi connectivity index (χ0n) is 11.4. The van der Waals surface area contributed by atoms with Gasteiger partial charge in [0.25, 0.3) is 0 Å². The van der Waals surface area contributed by atoms with Gasteiger partial charge in [0.2, 0.25) is 10.0 Å². The van der Waals surface area contributed by atoms with Crippen LogP contribution >= 0.6 is 27.7 Å². The molecule has 1 saturated heterocycles. The quantitative estimate of drug-likeness (QED) is 0.802. The van der Waals surface area contributed by atoms with Crippen molar-refractivity contribution in [1.29, 1.82) is 0 Å². The maximum Gasteiger partial charge on any atom is 0.335 e. The smallest absolute Gasteiger partial charge is 0.335 e. The molecule has 2 rings (SSSR count). The number of carbonyl (C=O) groups is 1. The number of carboxylic acids is 1. The van der Waals surface area contributed by atoms with Crippen LogP contribution in [0.4, 0.5) is 0 Å². The SMILES string of the molecule is Cc1cc(C(=O)O)cc(S(=O)(=O)NCC2CCCS2)c1Br. The first kappa shape index (κ1) is 16.8. The number of thioether (sulfide) groups is 1. The molecule has 1 aliphatic rings. The molecule has 1 aromatic rings. The average Bonchev–Trinajstić information content (AvgIpc) is 2.92. The van der Waals surface area contributed by atoms with E-state index in [2.05, 4.69) is 20.7 Å². The van der Waals surface area contributed by atoms with Gasteiger partial charge in [0.1, 0.15) is 0 Å². The van der Waals surface area contributed by atoms with Gasteiger partial charge in [-0.3, -0.25) is 0 Å². The maximum atomic E-state index is 12.4. The molecule has 0 aromatic heterocycles. The first-order valence-electron chi connectivity index (χ1n) is 6.46. The van der Waals surface area contributed by atoms with E-state index in [1.54, 1.807) is 18.7 Å². The summed E-state index contributed by atoms with van der Waals surface area (Å²) in [6, 6.07) is 2.63. The standard InChI is InChI=1S/C13H16BrNO4S2/c1-8-5-9(13(16)17)6-11(12(8)14)21(18,19)15-7-10-3-2-4-20-10/h5-6,10,15H,2-4,7H2,1H3,(H,16,17). The number of hydrogen-bond acceptors (Lipinski definition) is 4. The van der Waals surface area contributed by atoms with E-state index >= 15 is 0 Å². The van der Waals surface area contributed by atoms with Gasteiger partial charge in [0.05, 0.1) is 10.5 Å². The Balaban J connectivity index is 2.27. The molecular formula is C13H16BrNO4S2. The summed E-state index contributed by atoms with van der Waals surface area (Å²) >= 11 is 5.00. The first-order chi connectivity index (χ1) is 9.81. The molecule has 2 N–H and O–H groups in total. The lowest BCUT2D eigenvalue weighted by Crippen LogP contribution is -2.30. The molecule has 1 aliphatic heterocycles. The number of halogens is 1. The van der Waals surface area contributed by atoms with Crippen LogP contribution in [0.25, 0.3) is 0 Å². The van der Waals surface area contributed by atoms with Gasteiger partial charge in [0.15, 0.2) is 0 Å². The molecule has 0 aliphatic carbocycles. The van der Waals surface area contributed by atoms with E-state index in [1.165, 1.54) is 12.1 Å². The van der Waals surface area contributed by atoms with Crippen molar-refractivity contribution in [2.24, 2.45) is 0 Å². The molecular weight excluding hydrogens is 378 g/mol. The molecule has 1 heterocycles. The van der Waals surface area contributed by atoms with Gasteiger partial charge in [0, 0.05) is 16.3 Å². The Labute approximate surface area is 136 Å². The van der Waals surface area contributed by atoms with Crippen LogP contribution in [0.3, 0.4) is 0 Å². The number of hydrogen-bond donors (Lipinski definition) is 2. The predicted octanol–water partition coefficient (Wildman–Crippen LogP) is 2.63. The van der Waals surface area contributed by atoms with E-state index in [4.69, 9.17) is 5.11 Å². The first-order valence-corrected chi connectivity index (χ1v) is 9.78. The van der Waals surface area contributed by atoms with Gasteiger partial charge in [-0.2, -0.15) is 11.8 Å². The monoisotopic (exact) mass is 393 g/mol. The molecule has 8 heteroatoms. The molecule has 1 fully saturated rings. The number of sulfonamides is 1. The molecule has 21 heavy (non-hydrogen) atoms. The molecule has 0 spiro atoms. The molecule has 1 unspecified atom stereocenters. The Morgan fingerprint density at radius 3 is 2.81 bits per heavy atom. The highest BCUT2D eigenvalue weighted by atomic mass is 79.9. The van der Waals surface area contributed by atoms with Crippen LogP contribution in [-0.2, 0) is 10.0 Å². The highest BCUT2D eigenvalue weighted by molar-refractivity contribution is 9.10. The highest BCUT2D eigenvalue weighted by Gasteiger charge is 2.24. The molecule has 0 amide bonds. The molecule has 1 atom stereocenters. The lowest BCUT2D eigenvalue weighted by Gasteiger charge is -2.13. The zero-order chi connectivity index (χ0) is 15.6. The van der Waals surface area contributed by atoms with E-state index in [1.807, 2.05) is 0 Å². The molecule has 5 nitrogen and oxygen atoms in total. The Hall–Kier alpha value is -0.570. The van der Waals surface area contributed by atoms with Crippen molar-refractivity contribution < 1.29 is 18.3 Å². The van der Waals surface area contributed by atoms with Crippen molar-refractivity contribution in [2.75, 3.05) is 12.3 Å². The van der Waals surface area contributed by atoms with Gasteiger partial charge in [-0.05, 0) is 59.1 Å². The predicted molar refractivity (Wildman–Crippen MR) is 86.5 cm³/mol. The van der Waals surface area contributed by atoms with Crippen molar-refractivity contribution in [2.45, 2.75) is 29.9 Å². The van der Waals surface area contributed by atoms with E-state index < -0.39 is 16.0 Å². The summed E-state index contributed by atoms with van der Waals surface area (Å²) < 4.78 is 27.8. The number of aromatic carboxylic acids is 1. The summed E-state index contributed by atoms with van der Waals surface area (Å²) in [4.78, 5) is 11.1. The summed E-state index contributed by atoms with van der Waals surface area (Å²) in [6.45, 7) is 2.04. The highest BCUT2D eigenvalue weighted by Crippen LogP contribution is 2.29. The maximum absolute atomic E-state index is 12.4. The second kappa shape index (κ2) is 6.68. The van der Waals surface area contributed by atoms with E-state index in [9.17, 15) is 13.2 Å². The summed E-state index contributed by atoms with van der Waals surface area (Å²) in [5.41, 5.74) is 0.539. The Bertz CT molecular complexity index is 654. The topological polar surface area (TPSA) is 83.5 Å². The van der Waals surface area contributed by atoms with Gasteiger partial charge < -0.3 is 5.11 Å². The fraction of sp³-hybridized carbons (Fsp3) is 0.462. The van der Waals surface area contributed by atoms with Crippen LogP contribution < -0.4 is 4.72 Å². The molecule has 1 aromatic carbocycles. The minimum absolute atomic E-state index is 0.0251. The van der Waals surface area contributed by atoms with Gasteiger partial charge in [-0.1, -0.05) is 0 Å². The van der Waals surface area contributed by atoms with Crippen molar-refractivity contribution >= 4 is 43.7 Å². The molecule has 0 bridgehead atoms. The Kier molecular flexibility index (Phi) is 5.34. The van der Waals surface area contributed by atoms with Gasteiger partial charge in [-0.25, -0.2) is 17.9 Å². The van der Waals surface area contributed by atoms with E-state index in [0.29, 0.717) is 21.8 Å². The number of benzene rings is 1. The van der Waals surface area contributed by atoms with Crippen molar-refractivity contribution in [3.63, 3.8) is 0 Å². The number of carboxylic acid groups (broad SMARTS) is 1. The van der Waals surface area contributed by atoms with Crippen molar-refractivity contribution in [1.82, 2.24) is 4.72 Å². The lowest BCUT2D eigenvalue weighted by molar-refractivity contribution is 0.0696. The minimum atomic E-state index is -3.73. The molecule has 0 radical (unpaired) electrons. The third kappa shape index (κ3) is 4.00. The normalized spacial score (nSPS) is 18.9. The summed E-state index contributed by atoms with van der Waals surface area (Å²) in [5, 5.41) is 9.35. The molecule has 116 valence electrons. The van der Waals surface area contributed by atoms with Crippen LogP contribution in [0.5, 0.6) is 0 Å². The molecule has 0 saturated carbocycles.